The smallest absolute Gasteiger partial charge is 0.231 e. The lowest BCUT2D eigenvalue weighted by molar-refractivity contribution is 0.103. The predicted molar refractivity (Wildman–Crippen MR) is 76.7 cm³/mol. The zero-order valence-electron chi connectivity index (χ0n) is 11.8. The van der Waals surface area contributed by atoms with Gasteiger partial charge in [-0.1, -0.05) is 17.7 Å². The molecule has 2 aromatic carbocycles. The molecule has 0 N–H and O–H groups in total. The monoisotopic (exact) mass is 268 g/mol. The number of aryl methyl sites for hydroxylation is 3. The van der Waals surface area contributed by atoms with Crippen LogP contribution < -0.4 is 9.47 Å². The Kier molecular flexibility index (Phi) is 2.97. The van der Waals surface area contributed by atoms with E-state index in [0.717, 1.165) is 16.7 Å². The number of ether oxygens (including phenoxy) is 2. The molecule has 2 aromatic rings. The van der Waals surface area contributed by atoms with E-state index in [9.17, 15) is 4.79 Å². The van der Waals surface area contributed by atoms with Crippen molar-refractivity contribution in [2.24, 2.45) is 0 Å². The van der Waals surface area contributed by atoms with Crippen LogP contribution in [0.5, 0.6) is 11.5 Å². The first-order valence-corrected chi connectivity index (χ1v) is 6.58. The summed E-state index contributed by atoms with van der Waals surface area (Å²) in [5, 5.41) is 0. The summed E-state index contributed by atoms with van der Waals surface area (Å²) in [6.07, 6.45) is 0. The van der Waals surface area contributed by atoms with Crippen molar-refractivity contribution in [3.63, 3.8) is 0 Å². The normalized spacial score (nSPS) is 12.6. The Morgan fingerprint density at radius 2 is 1.60 bits per heavy atom. The van der Waals surface area contributed by atoms with E-state index in [-0.39, 0.29) is 12.6 Å². The molecular weight excluding hydrogens is 252 g/mol. The second kappa shape index (κ2) is 4.67. The van der Waals surface area contributed by atoms with Crippen LogP contribution in [0.3, 0.4) is 0 Å². The average molecular weight is 268 g/mol. The second-order valence-corrected chi connectivity index (χ2v) is 5.17. The van der Waals surface area contributed by atoms with E-state index in [0.29, 0.717) is 17.1 Å². The first kappa shape index (κ1) is 12.7. The molecule has 1 aliphatic heterocycles. The van der Waals surface area contributed by atoms with Gasteiger partial charge in [-0.2, -0.15) is 0 Å². The lowest BCUT2D eigenvalue weighted by atomic mass is 9.93. The molecule has 0 unspecified atom stereocenters. The average Bonchev–Trinajstić information content (AvgIpc) is 2.84. The topological polar surface area (TPSA) is 35.5 Å². The third kappa shape index (κ3) is 2.05. The van der Waals surface area contributed by atoms with Crippen LogP contribution in [0, 0.1) is 20.8 Å². The Morgan fingerprint density at radius 3 is 2.30 bits per heavy atom. The summed E-state index contributed by atoms with van der Waals surface area (Å²) in [6.45, 7) is 6.20. The van der Waals surface area contributed by atoms with Gasteiger partial charge in [0.05, 0.1) is 0 Å². The summed E-state index contributed by atoms with van der Waals surface area (Å²) in [6, 6.07) is 9.40. The van der Waals surface area contributed by atoms with Gasteiger partial charge in [0.1, 0.15) is 0 Å². The fourth-order valence-corrected chi connectivity index (χ4v) is 2.72. The highest BCUT2D eigenvalue weighted by Crippen LogP contribution is 2.33. The van der Waals surface area contributed by atoms with Gasteiger partial charge in [0.2, 0.25) is 6.79 Å². The van der Waals surface area contributed by atoms with E-state index in [4.69, 9.17) is 9.47 Å². The van der Waals surface area contributed by atoms with Crippen molar-refractivity contribution < 1.29 is 14.3 Å². The van der Waals surface area contributed by atoms with Gasteiger partial charge in [-0.3, -0.25) is 4.79 Å². The summed E-state index contributed by atoms with van der Waals surface area (Å²) in [4.78, 5) is 12.7. The van der Waals surface area contributed by atoms with Crippen molar-refractivity contribution in [1.29, 1.82) is 0 Å². The van der Waals surface area contributed by atoms with Gasteiger partial charge in [0.15, 0.2) is 17.3 Å². The quantitative estimate of drug-likeness (QED) is 0.781. The summed E-state index contributed by atoms with van der Waals surface area (Å²) in [5.41, 5.74) is 4.58. The van der Waals surface area contributed by atoms with Crippen molar-refractivity contribution in [1.82, 2.24) is 0 Å². The number of ketones is 1. The van der Waals surface area contributed by atoms with Crippen LogP contribution in [0.2, 0.25) is 0 Å². The van der Waals surface area contributed by atoms with Crippen LogP contribution in [-0.2, 0) is 0 Å². The van der Waals surface area contributed by atoms with Gasteiger partial charge < -0.3 is 9.47 Å². The van der Waals surface area contributed by atoms with Gasteiger partial charge >= 0.3 is 0 Å². The number of benzene rings is 2. The summed E-state index contributed by atoms with van der Waals surface area (Å²) < 4.78 is 10.6. The third-order valence-corrected chi connectivity index (χ3v) is 3.54. The number of hydrogen-bond acceptors (Lipinski definition) is 3. The minimum absolute atomic E-state index is 0.0262. The molecule has 0 fully saturated rings. The molecule has 1 aliphatic rings. The Labute approximate surface area is 118 Å². The highest BCUT2D eigenvalue weighted by molar-refractivity contribution is 6.11. The van der Waals surface area contributed by atoms with E-state index < -0.39 is 0 Å². The molecule has 0 aromatic heterocycles. The number of rotatable bonds is 2. The highest BCUT2D eigenvalue weighted by Gasteiger charge is 2.19. The Morgan fingerprint density at radius 1 is 0.950 bits per heavy atom. The molecule has 0 atom stereocenters. The molecule has 0 radical (unpaired) electrons. The van der Waals surface area contributed by atoms with E-state index in [1.165, 1.54) is 5.56 Å². The first-order valence-electron chi connectivity index (χ1n) is 6.58. The maximum atomic E-state index is 12.7. The van der Waals surface area contributed by atoms with Gasteiger partial charge in [-0.05, 0) is 50.1 Å². The van der Waals surface area contributed by atoms with Gasteiger partial charge in [-0.25, -0.2) is 0 Å². The number of hydrogen-bond donors (Lipinski definition) is 0. The first-order chi connectivity index (χ1) is 9.56. The van der Waals surface area contributed by atoms with Crippen molar-refractivity contribution in [3.05, 3.63) is 58.1 Å². The number of carbonyl (C=O) groups excluding carboxylic acids is 1. The van der Waals surface area contributed by atoms with E-state index in [1.54, 1.807) is 18.2 Å². The molecule has 0 spiro atoms. The molecule has 102 valence electrons. The molecule has 1 heterocycles. The Balaban J connectivity index is 2.05. The Hall–Kier alpha value is -2.29. The zero-order valence-corrected chi connectivity index (χ0v) is 11.8. The lowest BCUT2D eigenvalue weighted by Crippen LogP contribution is -2.06. The molecule has 0 saturated heterocycles. The SMILES string of the molecule is Cc1cc(C)c(C(=O)c2ccc3c(c2)OCO3)c(C)c1. The maximum absolute atomic E-state index is 12.7. The minimum Gasteiger partial charge on any atom is -0.454 e. The molecule has 3 heteroatoms. The van der Waals surface area contributed by atoms with Gasteiger partial charge in [-0.15, -0.1) is 0 Å². The highest BCUT2D eigenvalue weighted by atomic mass is 16.7. The molecule has 3 rings (SSSR count). The van der Waals surface area contributed by atoms with Crippen molar-refractivity contribution >= 4 is 5.78 Å². The van der Waals surface area contributed by atoms with Crippen LogP contribution in [0.25, 0.3) is 0 Å². The zero-order chi connectivity index (χ0) is 14.3. The van der Waals surface area contributed by atoms with Crippen molar-refractivity contribution in [2.45, 2.75) is 20.8 Å². The van der Waals surface area contributed by atoms with Crippen molar-refractivity contribution in [2.75, 3.05) is 6.79 Å². The fraction of sp³-hybridized carbons (Fsp3) is 0.235. The van der Waals surface area contributed by atoms with Crippen molar-refractivity contribution in [3.8, 4) is 11.5 Å². The lowest BCUT2D eigenvalue weighted by Gasteiger charge is -2.10. The third-order valence-electron chi connectivity index (χ3n) is 3.54. The number of fused-ring (bicyclic) bond motifs is 1. The number of carbonyl (C=O) groups is 1. The predicted octanol–water partition coefficient (Wildman–Crippen LogP) is 3.57. The fourth-order valence-electron chi connectivity index (χ4n) is 2.72. The maximum Gasteiger partial charge on any atom is 0.231 e. The molecule has 0 bridgehead atoms. The molecule has 20 heavy (non-hydrogen) atoms. The van der Waals surface area contributed by atoms with E-state index in [2.05, 4.69) is 0 Å². The molecule has 3 nitrogen and oxygen atoms in total. The van der Waals surface area contributed by atoms with Gasteiger partial charge in [0.25, 0.3) is 0 Å². The molecular formula is C17H16O3. The Bertz CT molecular complexity index is 678. The van der Waals surface area contributed by atoms with Gasteiger partial charge in [0, 0.05) is 11.1 Å². The molecule has 0 saturated carbocycles. The largest absolute Gasteiger partial charge is 0.454 e. The summed E-state index contributed by atoms with van der Waals surface area (Å²) in [7, 11) is 0. The van der Waals surface area contributed by atoms with Crippen LogP contribution >= 0.6 is 0 Å². The minimum atomic E-state index is 0.0262. The summed E-state index contributed by atoms with van der Waals surface area (Å²) >= 11 is 0. The summed E-state index contributed by atoms with van der Waals surface area (Å²) in [5.74, 6) is 1.36. The van der Waals surface area contributed by atoms with Crippen LogP contribution in [0.4, 0.5) is 0 Å². The van der Waals surface area contributed by atoms with Crippen LogP contribution in [-0.4, -0.2) is 12.6 Å². The van der Waals surface area contributed by atoms with Crippen LogP contribution in [0.15, 0.2) is 30.3 Å². The van der Waals surface area contributed by atoms with Crippen LogP contribution in [0.1, 0.15) is 32.6 Å². The molecule has 0 amide bonds. The van der Waals surface area contributed by atoms with E-state index >= 15 is 0 Å². The van der Waals surface area contributed by atoms with E-state index in [1.807, 2.05) is 32.9 Å². The standard InChI is InChI=1S/C17H16O3/c1-10-6-11(2)16(12(3)7-10)17(18)13-4-5-14-15(8-13)20-9-19-14/h4-8H,9H2,1-3H3. The second-order valence-electron chi connectivity index (χ2n) is 5.17. The molecule has 0 aliphatic carbocycles.